The lowest BCUT2D eigenvalue weighted by atomic mass is 9.76. The van der Waals surface area contributed by atoms with E-state index in [2.05, 4.69) is 76.4 Å². The summed E-state index contributed by atoms with van der Waals surface area (Å²) in [5.41, 5.74) is 2.65. The molecule has 0 bridgehead atoms. The highest BCUT2D eigenvalue weighted by atomic mass is 127. The first-order chi connectivity index (χ1) is 9.74. The number of methoxy groups -OCH3 is 1. The smallest absolute Gasteiger partial charge is 0.118 e. The van der Waals surface area contributed by atoms with Crippen molar-refractivity contribution in [3.63, 3.8) is 0 Å². The fourth-order valence-electron chi connectivity index (χ4n) is 2.67. The molecule has 0 aliphatic heterocycles. The minimum absolute atomic E-state index is 0.599. The summed E-state index contributed by atoms with van der Waals surface area (Å²) in [4.78, 5) is 0. The summed E-state index contributed by atoms with van der Waals surface area (Å²) < 4.78 is 6.47. The van der Waals surface area contributed by atoms with Crippen molar-refractivity contribution in [3.05, 3.63) is 57.7 Å². The van der Waals surface area contributed by atoms with Gasteiger partial charge in [0.1, 0.15) is 5.75 Å². The van der Waals surface area contributed by atoms with Crippen LogP contribution in [0, 0.1) is 3.57 Å². The Hall–Kier alpha value is -1.23. The van der Waals surface area contributed by atoms with E-state index < -0.39 is 0 Å². The molecule has 0 aromatic heterocycles. The number of rotatable bonds is 4. The molecule has 1 aliphatic carbocycles. The zero-order valence-electron chi connectivity index (χ0n) is 11.5. The number of hydrogen-bond donors (Lipinski definition) is 1. The van der Waals surface area contributed by atoms with Gasteiger partial charge in [-0.3, -0.25) is 0 Å². The summed E-state index contributed by atoms with van der Waals surface area (Å²) in [6, 6.07) is 17.7. The molecular weight excluding hydrogens is 361 g/mol. The quantitative estimate of drug-likeness (QED) is 0.781. The van der Waals surface area contributed by atoms with Gasteiger partial charge in [-0.15, -0.1) is 0 Å². The first-order valence-corrected chi connectivity index (χ1v) is 7.98. The van der Waals surface area contributed by atoms with Crippen LogP contribution < -0.4 is 10.1 Å². The highest BCUT2D eigenvalue weighted by molar-refractivity contribution is 14.1. The third-order valence-electron chi connectivity index (χ3n) is 3.94. The molecule has 3 heteroatoms. The molecule has 2 nitrogen and oxygen atoms in total. The van der Waals surface area contributed by atoms with E-state index in [1.54, 1.807) is 7.11 Å². The van der Waals surface area contributed by atoms with Crippen molar-refractivity contribution < 1.29 is 4.74 Å². The van der Waals surface area contributed by atoms with Gasteiger partial charge in [-0.25, -0.2) is 0 Å². The van der Waals surface area contributed by atoms with E-state index in [1.165, 1.54) is 27.7 Å². The Morgan fingerprint density at radius 3 is 2.25 bits per heavy atom. The van der Waals surface area contributed by atoms with Crippen LogP contribution in [0.15, 0.2) is 48.5 Å². The van der Waals surface area contributed by atoms with E-state index in [9.17, 15) is 0 Å². The zero-order valence-corrected chi connectivity index (χ0v) is 13.6. The summed E-state index contributed by atoms with van der Waals surface area (Å²) in [7, 11) is 1.71. The van der Waals surface area contributed by atoms with Gasteiger partial charge in [-0.1, -0.05) is 12.1 Å². The van der Waals surface area contributed by atoms with Gasteiger partial charge in [0.25, 0.3) is 0 Å². The topological polar surface area (TPSA) is 21.3 Å². The predicted molar refractivity (Wildman–Crippen MR) is 91.5 cm³/mol. The number of halogens is 1. The number of hydrogen-bond acceptors (Lipinski definition) is 2. The summed E-state index contributed by atoms with van der Waals surface area (Å²) in [6.45, 7) is 0. The van der Waals surface area contributed by atoms with Gasteiger partial charge in [0.2, 0.25) is 0 Å². The molecule has 1 aliphatic rings. The predicted octanol–water partition coefficient (Wildman–Crippen LogP) is 4.66. The minimum atomic E-state index is 0.599. The fraction of sp³-hybridized carbons (Fsp3) is 0.294. The maximum Gasteiger partial charge on any atom is 0.118 e. The van der Waals surface area contributed by atoms with Crippen LogP contribution in [0.25, 0.3) is 0 Å². The van der Waals surface area contributed by atoms with Crippen molar-refractivity contribution >= 4 is 28.3 Å². The van der Waals surface area contributed by atoms with Gasteiger partial charge in [0.05, 0.1) is 7.11 Å². The van der Waals surface area contributed by atoms with E-state index >= 15 is 0 Å². The van der Waals surface area contributed by atoms with E-state index in [-0.39, 0.29) is 0 Å². The second-order valence-electron chi connectivity index (χ2n) is 5.29. The second-order valence-corrected chi connectivity index (χ2v) is 6.54. The van der Waals surface area contributed by atoms with Crippen molar-refractivity contribution in [3.8, 4) is 5.75 Å². The minimum Gasteiger partial charge on any atom is -0.497 e. The molecule has 1 saturated carbocycles. The SMILES string of the molecule is COc1ccc(C2CC(Nc3ccc(I)cc3)C2)cc1. The van der Waals surface area contributed by atoms with Crippen molar-refractivity contribution in [2.75, 3.05) is 12.4 Å². The molecule has 2 aromatic carbocycles. The van der Waals surface area contributed by atoms with Crippen LogP contribution in [0.5, 0.6) is 5.75 Å². The Balaban J connectivity index is 1.54. The molecule has 0 saturated heterocycles. The molecule has 1 N–H and O–H groups in total. The summed E-state index contributed by atoms with van der Waals surface area (Å²) in [5, 5.41) is 3.60. The first kappa shape index (κ1) is 13.7. The van der Waals surface area contributed by atoms with Crippen molar-refractivity contribution in [2.24, 2.45) is 0 Å². The van der Waals surface area contributed by atoms with E-state index in [0.29, 0.717) is 12.0 Å². The molecule has 0 atom stereocenters. The number of benzene rings is 2. The maximum atomic E-state index is 5.20. The molecule has 0 unspecified atom stereocenters. The lowest BCUT2D eigenvalue weighted by molar-refractivity contribution is 0.373. The Kier molecular flexibility index (Phi) is 4.15. The fourth-order valence-corrected chi connectivity index (χ4v) is 3.03. The summed E-state index contributed by atoms with van der Waals surface area (Å²) >= 11 is 2.33. The summed E-state index contributed by atoms with van der Waals surface area (Å²) in [6.07, 6.45) is 2.41. The Morgan fingerprint density at radius 1 is 1.00 bits per heavy atom. The number of ether oxygens (including phenoxy) is 1. The standard InChI is InChI=1S/C17H18INO/c1-20-17-8-2-12(3-9-17)13-10-16(11-13)19-15-6-4-14(18)5-7-15/h2-9,13,16,19H,10-11H2,1H3. The molecule has 104 valence electrons. The van der Waals surface area contributed by atoms with Crippen molar-refractivity contribution in [2.45, 2.75) is 24.8 Å². The van der Waals surface area contributed by atoms with E-state index in [4.69, 9.17) is 4.74 Å². The lowest BCUT2D eigenvalue weighted by Crippen LogP contribution is -2.33. The van der Waals surface area contributed by atoms with Gasteiger partial charge < -0.3 is 10.1 Å². The summed E-state index contributed by atoms with van der Waals surface area (Å²) in [5.74, 6) is 1.61. The van der Waals surface area contributed by atoms with Crippen molar-refractivity contribution in [1.82, 2.24) is 0 Å². The largest absolute Gasteiger partial charge is 0.497 e. The lowest BCUT2D eigenvalue weighted by Gasteiger charge is -2.37. The molecule has 20 heavy (non-hydrogen) atoms. The number of nitrogens with one attached hydrogen (secondary N) is 1. The third kappa shape index (κ3) is 3.08. The van der Waals surface area contributed by atoms with Gasteiger partial charge in [-0.05, 0) is 83.3 Å². The van der Waals surface area contributed by atoms with E-state index in [1.807, 2.05) is 0 Å². The molecule has 3 rings (SSSR count). The highest BCUT2D eigenvalue weighted by Gasteiger charge is 2.30. The van der Waals surface area contributed by atoms with Gasteiger partial charge in [-0.2, -0.15) is 0 Å². The molecule has 0 heterocycles. The van der Waals surface area contributed by atoms with Crippen LogP contribution >= 0.6 is 22.6 Å². The molecule has 0 spiro atoms. The Bertz CT molecular complexity index is 559. The molecular formula is C17H18INO. The zero-order chi connectivity index (χ0) is 13.9. The Morgan fingerprint density at radius 2 is 1.65 bits per heavy atom. The average Bonchev–Trinajstić information content (AvgIpc) is 2.45. The molecule has 2 aromatic rings. The van der Waals surface area contributed by atoms with Crippen LogP contribution in [0.4, 0.5) is 5.69 Å². The van der Waals surface area contributed by atoms with Crippen LogP contribution in [0.2, 0.25) is 0 Å². The van der Waals surface area contributed by atoms with Crippen LogP contribution in [-0.4, -0.2) is 13.2 Å². The Labute approximate surface area is 133 Å². The van der Waals surface area contributed by atoms with E-state index in [0.717, 1.165) is 5.75 Å². The second kappa shape index (κ2) is 6.04. The third-order valence-corrected chi connectivity index (χ3v) is 4.66. The van der Waals surface area contributed by atoms with Crippen LogP contribution in [0.1, 0.15) is 24.3 Å². The molecule has 1 fully saturated rings. The van der Waals surface area contributed by atoms with Crippen molar-refractivity contribution in [1.29, 1.82) is 0 Å². The monoisotopic (exact) mass is 379 g/mol. The van der Waals surface area contributed by atoms with Crippen LogP contribution in [0.3, 0.4) is 0 Å². The maximum absolute atomic E-state index is 5.20. The average molecular weight is 379 g/mol. The highest BCUT2D eigenvalue weighted by Crippen LogP contribution is 2.38. The van der Waals surface area contributed by atoms with Gasteiger partial charge in [0.15, 0.2) is 0 Å². The normalized spacial score (nSPS) is 21.1. The van der Waals surface area contributed by atoms with Gasteiger partial charge in [0, 0.05) is 15.3 Å². The molecule has 0 radical (unpaired) electrons. The van der Waals surface area contributed by atoms with Crippen LogP contribution in [-0.2, 0) is 0 Å². The molecule has 0 amide bonds. The van der Waals surface area contributed by atoms with Gasteiger partial charge >= 0.3 is 0 Å². The number of anilines is 1. The first-order valence-electron chi connectivity index (χ1n) is 6.90.